The molecule has 2 aromatic heterocycles. The molecule has 3 aromatic rings. The van der Waals surface area contributed by atoms with Gasteiger partial charge in [0.15, 0.2) is 0 Å². The molecule has 29 heavy (non-hydrogen) atoms. The van der Waals surface area contributed by atoms with Crippen LogP contribution in [0.5, 0.6) is 0 Å². The van der Waals surface area contributed by atoms with E-state index in [-0.39, 0.29) is 30.6 Å². The molecule has 3 heterocycles. The summed E-state index contributed by atoms with van der Waals surface area (Å²) in [7, 11) is 0. The largest absolute Gasteiger partial charge is 0.483 e. The number of hydrogen-bond acceptors (Lipinski definition) is 7. The quantitative estimate of drug-likeness (QED) is 0.533. The van der Waals surface area contributed by atoms with Gasteiger partial charge in [-0.25, -0.2) is 4.98 Å². The zero-order valence-corrected chi connectivity index (χ0v) is 16.5. The lowest BCUT2D eigenvalue weighted by Crippen LogP contribution is -2.32. The molecular weight excluding hydrogens is 396 g/mol. The van der Waals surface area contributed by atoms with Gasteiger partial charge in [0.2, 0.25) is 16.9 Å². The highest BCUT2D eigenvalue weighted by atomic mass is 32.1. The summed E-state index contributed by atoms with van der Waals surface area (Å²) < 4.78 is 0. The van der Waals surface area contributed by atoms with Crippen LogP contribution in [-0.2, 0) is 27.3 Å². The topological polar surface area (TPSA) is 141 Å². The van der Waals surface area contributed by atoms with Crippen LogP contribution >= 0.6 is 11.3 Å². The molecule has 11 heteroatoms. The number of aromatic amines is 1. The monoisotopic (exact) mass is 416 g/mol. The summed E-state index contributed by atoms with van der Waals surface area (Å²) in [5, 5.41) is 19.4. The molecule has 3 N–H and O–H groups in total. The minimum atomic E-state index is -0.368. The van der Waals surface area contributed by atoms with Crippen molar-refractivity contribution in [1.29, 1.82) is 0 Å². The second-order valence-electron chi connectivity index (χ2n) is 6.31. The number of carbonyl (C=O) groups excluding carboxylic acids is 2. The SMILES string of the molecule is CCc1nnc(N2CC(C(=O)NCc3ccc4nc[nH]c4c3)CC2=O)s1.O=CO. The maximum Gasteiger partial charge on any atom is 0.290 e. The van der Waals surface area contributed by atoms with E-state index in [0.717, 1.165) is 28.0 Å². The number of nitrogens with one attached hydrogen (secondary N) is 2. The normalized spacial score (nSPS) is 15.8. The molecule has 0 spiro atoms. The van der Waals surface area contributed by atoms with Gasteiger partial charge in [-0.1, -0.05) is 24.3 Å². The van der Waals surface area contributed by atoms with Crippen LogP contribution in [0.25, 0.3) is 11.0 Å². The summed E-state index contributed by atoms with van der Waals surface area (Å²) in [5.74, 6) is -0.569. The summed E-state index contributed by atoms with van der Waals surface area (Å²) in [6.07, 6.45) is 2.62. The number of carbonyl (C=O) groups is 3. The van der Waals surface area contributed by atoms with Gasteiger partial charge >= 0.3 is 0 Å². The first-order valence-corrected chi connectivity index (χ1v) is 9.77. The number of H-pyrrole nitrogens is 1. The molecule has 1 unspecified atom stereocenters. The van der Waals surface area contributed by atoms with Gasteiger partial charge in [0, 0.05) is 19.5 Å². The lowest BCUT2D eigenvalue weighted by atomic mass is 10.1. The Balaban J connectivity index is 0.000000755. The molecule has 152 valence electrons. The van der Waals surface area contributed by atoms with Crippen molar-refractivity contribution in [2.75, 3.05) is 11.4 Å². The molecule has 1 aromatic carbocycles. The van der Waals surface area contributed by atoms with Gasteiger partial charge in [0.25, 0.3) is 6.47 Å². The second kappa shape index (κ2) is 9.24. The molecule has 0 aliphatic carbocycles. The fourth-order valence-electron chi connectivity index (χ4n) is 2.99. The highest BCUT2D eigenvalue weighted by Crippen LogP contribution is 2.28. The van der Waals surface area contributed by atoms with Crippen molar-refractivity contribution in [3.63, 3.8) is 0 Å². The van der Waals surface area contributed by atoms with Crippen LogP contribution in [0, 0.1) is 5.92 Å². The fourth-order valence-corrected chi connectivity index (χ4v) is 3.80. The predicted molar refractivity (Wildman–Crippen MR) is 106 cm³/mol. The summed E-state index contributed by atoms with van der Waals surface area (Å²) >= 11 is 1.40. The highest BCUT2D eigenvalue weighted by molar-refractivity contribution is 7.15. The Labute approximate surface area is 170 Å². The molecular formula is C18H20N6O4S. The van der Waals surface area contributed by atoms with E-state index in [1.807, 2.05) is 25.1 Å². The summed E-state index contributed by atoms with van der Waals surface area (Å²) in [5.41, 5.74) is 2.80. The average molecular weight is 416 g/mol. The van der Waals surface area contributed by atoms with E-state index in [1.165, 1.54) is 11.3 Å². The van der Waals surface area contributed by atoms with E-state index in [0.29, 0.717) is 18.2 Å². The number of hydrogen-bond donors (Lipinski definition) is 3. The first-order chi connectivity index (χ1) is 14.0. The van der Waals surface area contributed by atoms with Crippen molar-refractivity contribution in [2.45, 2.75) is 26.3 Å². The highest BCUT2D eigenvalue weighted by Gasteiger charge is 2.36. The average Bonchev–Trinajstić information content (AvgIpc) is 3.45. The third-order valence-electron chi connectivity index (χ3n) is 4.44. The van der Waals surface area contributed by atoms with Crippen LogP contribution in [0.1, 0.15) is 23.9 Å². The van der Waals surface area contributed by atoms with E-state index in [9.17, 15) is 9.59 Å². The Hall–Kier alpha value is -3.34. The molecule has 4 rings (SSSR count). The number of benzene rings is 1. The van der Waals surface area contributed by atoms with Crippen LogP contribution in [0.15, 0.2) is 24.5 Å². The maximum atomic E-state index is 12.5. The predicted octanol–water partition coefficient (Wildman–Crippen LogP) is 1.35. The number of anilines is 1. The summed E-state index contributed by atoms with van der Waals surface area (Å²) in [4.78, 5) is 41.9. The Bertz CT molecular complexity index is 1020. The standard InChI is InChI=1S/C17H18N6O2S.CH2O2/c1-2-14-21-22-17(26-14)23-8-11(6-15(23)24)16(25)18-7-10-3-4-12-13(5-10)20-9-19-12;2-1-3/h3-5,9,11H,2,6-8H2,1H3,(H,18,25)(H,19,20);1H,(H,2,3). The minimum absolute atomic E-state index is 0.0807. The molecule has 1 atom stereocenters. The van der Waals surface area contributed by atoms with Crippen molar-refractivity contribution in [2.24, 2.45) is 5.92 Å². The van der Waals surface area contributed by atoms with E-state index in [2.05, 4.69) is 25.5 Å². The lowest BCUT2D eigenvalue weighted by molar-refractivity contribution is -0.126. The van der Waals surface area contributed by atoms with E-state index < -0.39 is 0 Å². The van der Waals surface area contributed by atoms with E-state index in [4.69, 9.17) is 9.90 Å². The molecule has 10 nitrogen and oxygen atoms in total. The number of aryl methyl sites for hydroxylation is 1. The smallest absolute Gasteiger partial charge is 0.290 e. The van der Waals surface area contributed by atoms with Gasteiger partial charge in [0.05, 0.1) is 23.3 Å². The molecule has 1 aliphatic rings. The zero-order chi connectivity index (χ0) is 20.8. The Morgan fingerprint density at radius 3 is 2.97 bits per heavy atom. The Morgan fingerprint density at radius 1 is 1.45 bits per heavy atom. The maximum absolute atomic E-state index is 12.5. The zero-order valence-electron chi connectivity index (χ0n) is 15.7. The third kappa shape index (κ3) is 4.74. The van der Waals surface area contributed by atoms with E-state index in [1.54, 1.807) is 11.2 Å². The van der Waals surface area contributed by atoms with Crippen LogP contribution in [0.4, 0.5) is 5.13 Å². The molecule has 0 saturated carbocycles. The van der Waals surface area contributed by atoms with Gasteiger partial charge in [-0.2, -0.15) is 0 Å². The van der Waals surface area contributed by atoms with Gasteiger partial charge in [0.1, 0.15) is 5.01 Å². The minimum Gasteiger partial charge on any atom is -0.483 e. The van der Waals surface area contributed by atoms with E-state index >= 15 is 0 Å². The number of nitrogens with zero attached hydrogens (tertiary/aromatic N) is 4. The van der Waals surface area contributed by atoms with Gasteiger partial charge in [-0.15, -0.1) is 10.2 Å². The van der Waals surface area contributed by atoms with Crippen LogP contribution < -0.4 is 10.2 Å². The van der Waals surface area contributed by atoms with Crippen molar-refractivity contribution < 1.29 is 19.5 Å². The first-order valence-electron chi connectivity index (χ1n) is 8.96. The molecule has 1 saturated heterocycles. The number of fused-ring (bicyclic) bond motifs is 1. The third-order valence-corrected chi connectivity index (χ3v) is 5.53. The summed E-state index contributed by atoms with van der Waals surface area (Å²) in [6.45, 7) is 2.51. The molecule has 0 radical (unpaired) electrons. The fraction of sp³-hybridized carbons (Fsp3) is 0.333. The van der Waals surface area contributed by atoms with Crippen molar-refractivity contribution in [1.82, 2.24) is 25.5 Å². The molecule has 1 aliphatic heterocycles. The van der Waals surface area contributed by atoms with Crippen molar-refractivity contribution in [3.05, 3.63) is 35.1 Å². The van der Waals surface area contributed by atoms with Gasteiger partial charge in [-0.3, -0.25) is 19.3 Å². The van der Waals surface area contributed by atoms with Crippen molar-refractivity contribution >= 4 is 45.8 Å². The van der Waals surface area contributed by atoms with Gasteiger partial charge in [-0.05, 0) is 24.1 Å². The van der Waals surface area contributed by atoms with Gasteiger partial charge < -0.3 is 15.4 Å². The Morgan fingerprint density at radius 2 is 2.24 bits per heavy atom. The number of amides is 2. The molecule has 0 bridgehead atoms. The lowest BCUT2D eigenvalue weighted by Gasteiger charge is -2.12. The Kier molecular flexibility index (Phi) is 6.50. The second-order valence-corrected chi connectivity index (χ2v) is 7.36. The molecule has 2 amide bonds. The summed E-state index contributed by atoms with van der Waals surface area (Å²) in [6, 6.07) is 5.81. The number of imidazole rings is 1. The number of aromatic nitrogens is 4. The number of rotatable bonds is 5. The van der Waals surface area contributed by atoms with Crippen molar-refractivity contribution in [3.8, 4) is 0 Å². The molecule has 1 fully saturated rings. The van der Waals surface area contributed by atoms with Crippen LogP contribution in [0.3, 0.4) is 0 Å². The van der Waals surface area contributed by atoms with Crippen LogP contribution in [0.2, 0.25) is 0 Å². The number of carboxylic acid groups (broad SMARTS) is 1. The first kappa shape index (κ1) is 20.4. The van der Waals surface area contributed by atoms with Crippen LogP contribution in [-0.4, -0.2) is 50.1 Å².